The van der Waals surface area contributed by atoms with Crippen LogP contribution in [-0.4, -0.2) is 38.2 Å². The summed E-state index contributed by atoms with van der Waals surface area (Å²) in [5, 5.41) is 3.02. The number of nitrogens with zero attached hydrogens (tertiary/aromatic N) is 3. The van der Waals surface area contributed by atoms with E-state index in [2.05, 4.69) is 20.3 Å². The number of anilines is 2. The minimum atomic E-state index is -4.25. The predicted molar refractivity (Wildman–Crippen MR) is 116 cm³/mol. The second kappa shape index (κ2) is 9.94. The molecule has 7 nitrogen and oxygen atoms in total. The first-order valence-corrected chi connectivity index (χ1v) is 11.8. The molecule has 0 aliphatic rings. The highest BCUT2D eigenvalue weighted by atomic mass is 32.2. The monoisotopic (exact) mass is 465 g/mol. The van der Waals surface area contributed by atoms with Gasteiger partial charge in [-0.2, -0.15) is 28.1 Å². The van der Waals surface area contributed by atoms with Crippen molar-refractivity contribution >= 4 is 21.4 Å². The summed E-state index contributed by atoms with van der Waals surface area (Å²) >= 11 is 0. The van der Waals surface area contributed by atoms with Gasteiger partial charge in [0.25, 0.3) is 0 Å². The molecular weight excluding hydrogens is 443 g/mol. The Kier molecular flexibility index (Phi) is 7.29. The predicted octanol–water partition coefficient (Wildman–Crippen LogP) is 5.18. The molecule has 0 radical (unpaired) electrons. The zero-order chi connectivity index (χ0) is 23.2. The van der Waals surface area contributed by atoms with Crippen molar-refractivity contribution in [3.8, 4) is 17.4 Å². The number of alkyl halides is 3. The third-order valence-corrected chi connectivity index (χ3v) is 4.99. The van der Waals surface area contributed by atoms with Crippen LogP contribution in [0.25, 0.3) is 11.4 Å². The highest BCUT2D eigenvalue weighted by Gasteiger charge is 2.26. The Bertz CT molecular complexity index is 1160. The zero-order valence-electron chi connectivity index (χ0n) is 17.2. The summed E-state index contributed by atoms with van der Waals surface area (Å²) in [6.07, 6.45) is -4.06. The molecule has 0 aliphatic heterocycles. The van der Waals surface area contributed by atoms with E-state index in [1.165, 1.54) is 6.26 Å². The molecule has 0 amide bonds. The Hall–Kier alpha value is -3.21. The van der Waals surface area contributed by atoms with Crippen LogP contribution in [0.5, 0.6) is 6.01 Å². The molecule has 1 aromatic heterocycles. The Morgan fingerprint density at radius 1 is 1.06 bits per heavy atom. The Labute approximate surface area is 184 Å². The number of benzene rings is 2. The molecule has 0 saturated carbocycles. The van der Waals surface area contributed by atoms with Gasteiger partial charge in [-0.3, -0.25) is 4.78 Å². The summed E-state index contributed by atoms with van der Waals surface area (Å²) in [7, 11) is -2.71. The fourth-order valence-corrected chi connectivity index (χ4v) is 3.63. The van der Waals surface area contributed by atoms with Crippen molar-refractivity contribution in [2.45, 2.75) is 24.8 Å². The van der Waals surface area contributed by atoms with E-state index in [1.807, 2.05) is 18.2 Å². The van der Waals surface area contributed by atoms with Crippen molar-refractivity contribution in [2.24, 2.45) is 0 Å². The first-order chi connectivity index (χ1) is 15.1. The number of hydrogen-bond donors (Lipinski definition) is 2. The van der Waals surface area contributed by atoms with E-state index in [9.17, 15) is 17.4 Å². The molecule has 2 N–H and O–H groups in total. The number of aromatic nitrogens is 3. The third-order valence-electron chi connectivity index (χ3n) is 4.11. The maximum Gasteiger partial charge on any atom is 0.389 e. The summed E-state index contributed by atoms with van der Waals surface area (Å²) in [4.78, 5) is 12.8. The maximum atomic E-state index is 12.4. The molecule has 0 bridgehead atoms. The van der Waals surface area contributed by atoms with Gasteiger partial charge in [-0.1, -0.05) is 42.5 Å². The molecule has 1 heterocycles. The van der Waals surface area contributed by atoms with Crippen LogP contribution in [0.1, 0.15) is 18.4 Å². The lowest BCUT2D eigenvalue weighted by Crippen LogP contribution is -2.11. The van der Waals surface area contributed by atoms with Crippen LogP contribution in [0.15, 0.2) is 54.6 Å². The maximum absolute atomic E-state index is 12.4. The summed E-state index contributed by atoms with van der Waals surface area (Å²) in [6.45, 7) is -0.193. The van der Waals surface area contributed by atoms with Gasteiger partial charge >= 0.3 is 12.2 Å². The fourth-order valence-electron chi connectivity index (χ4n) is 2.82. The lowest BCUT2D eigenvalue weighted by molar-refractivity contribution is -0.136. The number of hydrogen-bond acceptors (Lipinski definition) is 7. The first-order valence-electron chi connectivity index (χ1n) is 9.66. The average molecular weight is 466 g/mol. The topological polar surface area (TPSA) is 101 Å². The first kappa shape index (κ1) is 23.5. The van der Waals surface area contributed by atoms with Gasteiger partial charge in [0.15, 0.2) is 5.82 Å². The second-order valence-electron chi connectivity index (χ2n) is 7.17. The van der Waals surface area contributed by atoms with Crippen molar-refractivity contribution in [3.63, 3.8) is 0 Å². The summed E-state index contributed by atoms with van der Waals surface area (Å²) in [5.74, 6) is 0.542. The minimum absolute atomic E-state index is 0.0950. The van der Waals surface area contributed by atoms with Crippen LogP contribution in [0.4, 0.5) is 24.8 Å². The number of ether oxygens (including phenoxy) is 1. The molecule has 0 fully saturated rings. The molecule has 170 valence electrons. The molecule has 2 aromatic carbocycles. The van der Waals surface area contributed by atoms with E-state index in [0.717, 1.165) is 0 Å². The van der Waals surface area contributed by atoms with Gasteiger partial charge in [-0.05, 0) is 24.1 Å². The van der Waals surface area contributed by atoms with E-state index in [0.29, 0.717) is 22.6 Å². The van der Waals surface area contributed by atoms with Crippen LogP contribution in [0.3, 0.4) is 0 Å². The summed E-state index contributed by atoms with van der Waals surface area (Å²) in [6, 6.07) is 15.9. The normalized spacial score (nSPS) is 13.4. The molecule has 3 rings (SSSR count). The van der Waals surface area contributed by atoms with Crippen LogP contribution < -0.4 is 10.1 Å². The highest BCUT2D eigenvalue weighted by Crippen LogP contribution is 2.23. The lowest BCUT2D eigenvalue weighted by Gasteiger charge is -2.11. The molecule has 0 aliphatic carbocycles. The van der Waals surface area contributed by atoms with Crippen molar-refractivity contribution in [3.05, 3.63) is 60.2 Å². The van der Waals surface area contributed by atoms with E-state index in [1.54, 1.807) is 36.4 Å². The Morgan fingerprint density at radius 3 is 2.50 bits per heavy atom. The molecule has 1 unspecified atom stereocenters. The second-order valence-corrected chi connectivity index (χ2v) is 9.47. The lowest BCUT2D eigenvalue weighted by atomic mass is 10.2. The average Bonchev–Trinajstić information content (AvgIpc) is 2.70. The number of rotatable bonds is 9. The van der Waals surface area contributed by atoms with E-state index < -0.39 is 22.3 Å². The molecule has 0 spiro atoms. The summed E-state index contributed by atoms with van der Waals surface area (Å²) < 4.78 is 61.9. The standard InChI is InChI=1S/C21H22F3N5O2S/c1-32(25,30)14-15-7-5-10-17(13-15)26-19-27-18(16-8-3-2-4-9-16)28-20(29-19)31-12-6-11-21(22,23)24/h2-5,7-10,13,25H,6,11-12,14H2,1H3,(H,26,27,28,29). The fraction of sp³-hybridized carbons (Fsp3) is 0.286. The van der Waals surface area contributed by atoms with Crippen LogP contribution in [0, 0.1) is 4.78 Å². The van der Waals surface area contributed by atoms with Crippen molar-refractivity contribution < 1.29 is 22.1 Å². The largest absolute Gasteiger partial charge is 0.463 e. The number of halogens is 3. The van der Waals surface area contributed by atoms with E-state index in [-0.39, 0.29) is 30.7 Å². The SMILES string of the molecule is CS(=N)(=O)Cc1cccc(Nc2nc(OCCCC(F)(F)F)nc(-c3ccccc3)n2)c1. The van der Waals surface area contributed by atoms with Crippen LogP contribution in [0.2, 0.25) is 0 Å². The van der Waals surface area contributed by atoms with Gasteiger partial charge in [-0.25, -0.2) is 4.21 Å². The molecule has 32 heavy (non-hydrogen) atoms. The minimum Gasteiger partial charge on any atom is -0.463 e. The number of nitrogens with one attached hydrogen (secondary N) is 2. The van der Waals surface area contributed by atoms with Crippen molar-refractivity contribution in [2.75, 3.05) is 18.2 Å². The molecule has 3 aromatic rings. The van der Waals surface area contributed by atoms with Gasteiger partial charge in [0.05, 0.1) is 12.4 Å². The molecule has 11 heteroatoms. The van der Waals surface area contributed by atoms with Crippen LogP contribution in [-0.2, 0) is 15.5 Å². The van der Waals surface area contributed by atoms with Gasteiger partial charge in [0.1, 0.15) is 0 Å². The van der Waals surface area contributed by atoms with Crippen LogP contribution >= 0.6 is 0 Å². The summed E-state index contributed by atoms with van der Waals surface area (Å²) in [5.41, 5.74) is 1.99. The quantitative estimate of drug-likeness (QED) is 0.422. The highest BCUT2D eigenvalue weighted by molar-refractivity contribution is 7.90. The Balaban J connectivity index is 1.83. The zero-order valence-corrected chi connectivity index (χ0v) is 18.0. The van der Waals surface area contributed by atoms with Gasteiger partial charge in [0, 0.05) is 33.7 Å². The Morgan fingerprint density at radius 2 is 1.81 bits per heavy atom. The van der Waals surface area contributed by atoms with Gasteiger partial charge < -0.3 is 10.1 Å². The van der Waals surface area contributed by atoms with E-state index in [4.69, 9.17) is 9.52 Å². The molecule has 1 atom stereocenters. The van der Waals surface area contributed by atoms with E-state index >= 15 is 0 Å². The molecule has 0 saturated heterocycles. The van der Waals surface area contributed by atoms with Crippen molar-refractivity contribution in [1.82, 2.24) is 15.0 Å². The van der Waals surface area contributed by atoms with Gasteiger partial charge in [-0.15, -0.1) is 0 Å². The molecular formula is C21H22F3N5O2S. The van der Waals surface area contributed by atoms with Gasteiger partial charge in [0.2, 0.25) is 5.95 Å². The smallest absolute Gasteiger partial charge is 0.389 e. The van der Waals surface area contributed by atoms with Crippen molar-refractivity contribution in [1.29, 1.82) is 4.78 Å². The third kappa shape index (κ3) is 7.80.